The molecule has 2 atom stereocenters. The van der Waals surface area contributed by atoms with Gasteiger partial charge in [-0.05, 0) is 33.9 Å². The standard InChI is InChI=1S/C11H24N2O2/c1-11(14,9-13(2)3)8-12-10-5-4-6-15-7-10/h10,12,14H,4-9H2,1-3H3. The summed E-state index contributed by atoms with van der Waals surface area (Å²) in [5, 5.41) is 13.4. The molecule has 1 aliphatic rings. The first kappa shape index (κ1) is 12.9. The lowest BCUT2D eigenvalue weighted by Gasteiger charge is -2.31. The number of aliphatic hydroxyl groups is 1. The van der Waals surface area contributed by atoms with E-state index < -0.39 is 5.60 Å². The van der Waals surface area contributed by atoms with Gasteiger partial charge in [-0.2, -0.15) is 0 Å². The Labute approximate surface area is 92.6 Å². The molecular weight excluding hydrogens is 192 g/mol. The van der Waals surface area contributed by atoms with Gasteiger partial charge in [-0.3, -0.25) is 0 Å². The van der Waals surface area contributed by atoms with Crippen molar-refractivity contribution in [3.8, 4) is 0 Å². The van der Waals surface area contributed by atoms with Crippen LogP contribution in [0, 0.1) is 0 Å². The van der Waals surface area contributed by atoms with Gasteiger partial charge in [0.1, 0.15) is 0 Å². The lowest BCUT2D eigenvalue weighted by atomic mass is 10.0. The summed E-state index contributed by atoms with van der Waals surface area (Å²) in [6.07, 6.45) is 2.27. The van der Waals surface area contributed by atoms with E-state index in [2.05, 4.69) is 5.32 Å². The van der Waals surface area contributed by atoms with Crippen molar-refractivity contribution < 1.29 is 9.84 Å². The number of rotatable bonds is 5. The van der Waals surface area contributed by atoms with Gasteiger partial charge in [0, 0.05) is 25.7 Å². The molecule has 0 spiro atoms. The van der Waals surface area contributed by atoms with E-state index in [0.717, 1.165) is 26.1 Å². The second-order valence-corrected chi connectivity index (χ2v) is 5.03. The second kappa shape index (κ2) is 5.80. The zero-order valence-electron chi connectivity index (χ0n) is 10.1. The Morgan fingerprint density at radius 1 is 1.53 bits per heavy atom. The summed E-state index contributed by atoms with van der Waals surface area (Å²) in [5.41, 5.74) is -0.666. The zero-order chi connectivity index (χ0) is 11.3. The van der Waals surface area contributed by atoms with Gasteiger partial charge in [0.2, 0.25) is 0 Å². The van der Waals surface area contributed by atoms with Crippen molar-refractivity contribution >= 4 is 0 Å². The Hall–Kier alpha value is -0.160. The fraction of sp³-hybridized carbons (Fsp3) is 1.00. The topological polar surface area (TPSA) is 44.7 Å². The van der Waals surface area contributed by atoms with Crippen molar-refractivity contribution in [1.29, 1.82) is 0 Å². The summed E-state index contributed by atoms with van der Waals surface area (Å²) in [6, 6.07) is 0.410. The van der Waals surface area contributed by atoms with Gasteiger partial charge < -0.3 is 20.1 Å². The summed E-state index contributed by atoms with van der Waals surface area (Å²) in [4.78, 5) is 2.00. The molecular formula is C11H24N2O2. The Balaban J connectivity index is 2.21. The molecule has 0 radical (unpaired) electrons. The van der Waals surface area contributed by atoms with Crippen molar-refractivity contribution in [1.82, 2.24) is 10.2 Å². The molecule has 1 aliphatic heterocycles. The third-order valence-electron chi connectivity index (χ3n) is 2.59. The van der Waals surface area contributed by atoms with Crippen molar-refractivity contribution in [2.45, 2.75) is 31.4 Å². The van der Waals surface area contributed by atoms with Gasteiger partial charge in [-0.1, -0.05) is 0 Å². The maximum atomic E-state index is 10.1. The molecule has 0 aliphatic carbocycles. The van der Waals surface area contributed by atoms with E-state index in [9.17, 15) is 5.11 Å². The van der Waals surface area contributed by atoms with Crippen molar-refractivity contribution in [3.63, 3.8) is 0 Å². The van der Waals surface area contributed by atoms with Crippen LogP contribution in [0.1, 0.15) is 19.8 Å². The summed E-state index contributed by atoms with van der Waals surface area (Å²) >= 11 is 0. The molecule has 90 valence electrons. The quantitative estimate of drug-likeness (QED) is 0.682. The van der Waals surface area contributed by atoms with Crippen LogP contribution in [0.25, 0.3) is 0 Å². The van der Waals surface area contributed by atoms with Crippen LogP contribution in [0.3, 0.4) is 0 Å². The number of hydrogen-bond donors (Lipinski definition) is 2. The smallest absolute Gasteiger partial charge is 0.0869 e. The molecule has 1 heterocycles. The molecule has 2 N–H and O–H groups in total. The summed E-state index contributed by atoms with van der Waals surface area (Å²) in [7, 11) is 3.94. The Morgan fingerprint density at radius 2 is 2.27 bits per heavy atom. The molecule has 4 nitrogen and oxygen atoms in total. The average Bonchev–Trinajstić information content (AvgIpc) is 2.15. The Bertz CT molecular complexity index is 177. The molecule has 2 unspecified atom stereocenters. The molecule has 0 aromatic heterocycles. The van der Waals surface area contributed by atoms with Gasteiger partial charge >= 0.3 is 0 Å². The highest BCUT2D eigenvalue weighted by atomic mass is 16.5. The van der Waals surface area contributed by atoms with Gasteiger partial charge in [-0.25, -0.2) is 0 Å². The molecule has 1 fully saturated rings. The lowest BCUT2D eigenvalue weighted by molar-refractivity contribution is 0.0185. The van der Waals surface area contributed by atoms with Gasteiger partial charge in [0.25, 0.3) is 0 Å². The van der Waals surface area contributed by atoms with Crippen LogP contribution in [0.2, 0.25) is 0 Å². The molecule has 4 heteroatoms. The summed E-state index contributed by atoms with van der Waals surface area (Å²) < 4.78 is 5.37. The third kappa shape index (κ3) is 5.47. The van der Waals surface area contributed by atoms with Crippen molar-refractivity contribution in [3.05, 3.63) is 0 Å². The molecule has 1 saturated heterocycles. The van der Waals surface area contributed by atoms with Gasteiger partial charge in [-0.15, -0.1) is 0 Å². The highest BCUT2D eigenvalue weighted by Crippen LogP contribution is 2.08. The number of hydrogen-bond acceptors (Lipinski definition) is 4. The number of nitrogens with one attached hydrogen (secondary N) is 1. The maximum Gasteiger partial charge on any atom is 0.0869 e. The van der Waals surface area contributed by atoms with E-state index in [-0.39, 0.29) is 0 Å². The molecule has 15 heavy (non-hydrogen) atoms. The molecule has 0 amide bonds. The van der Waals surface area contributed by atoms with Gasteiger partial charge in [0.05, 0.1) is 12.2 Å². The Morgan fingerprint density at radius 3 is 2.80 bits per heavy atom. The first-order valence-electron chi connectivity index (χ1n) is 5.68. The van der Waals surface area contributed by atoms with Crippen molar-refractivity contribution in [2.24, 2.45) is 0 Å². The van der Waals surface area contributed by atoms with Crippen LogP contribution < -0.4 is 5.32 Å². The monoisotopic (exact) mass is 216 g/mol. The Kier molecular flexibility index (Phi) is 4.99. The minimum atomic E-state index is -0.666. The van der Waals surface area contributed by atoms with Crippen LogP contribution in [-0.2, 0) is 4.74 Å². The summed E-state index contributed by atoms with van der Waals surface area (Å²) in [6.45, 7) is 4.82. The van der Waals surface area contributed by atoms with Crippen molar-refractivity contribution in [2.75, 3.05) is 40.4 Å². The van der Waals surface area contributed by atoms with E-state index >= 15 is 0 Å². The number of nitrogens with zero attached hydrogens (tertiary/aromatic N) is 1. The molecule has 0 bridgehead atoms. The molecule has 1 rings (SSSR count). The van der Waals surface area contributed by atoms with Crippen LogP contribution >= 0.6 is 0 Å². The predicted molar refractivity (Wildman–Crippen MR) is 61.0 cm³/mol. The summed E-state index contributed by atoms with van der Waals surface area (Å²) in [5.74, 6) is 0. The second-order valence-electron chi connectivity index (χ2n) is 5.03. The molecule has 0 saturated carbocycles. The number of likely N-dealkylation sites (N-methyl/N-ethyl adjacent to an activating group) is 1. The number of ether oxygens (including phenoxy) is 1. The minimum Gasteiger partial charge on any atom is -0.388 e. The normalized spacial score (nSPS) is 26.6. The first-order chi connectivity index (χ1) is 6.99. The SMILES string of the molecule is CN(C)CC(C)(O)CNC1CCCOC1. The van der Waals surface area contributed by atoms with E-state index in [1.807, 2.05) is 25.9 Å². The molecule has 0 aromatic rings. The zero-order valence-corrected chi connectivity index (χ0v) is 10.1. The first-order valence-corrected chi connectivity index (χ1v) is 5.68. The minimum absolute atomic E-state index is 0.410. The predicted octanol–water partition coefficient (Wildman–Crippen LogP) is 0.0676. The van der Waals surface area contributed by atoms with E-state index in [4.69, 9.17) is 4.74 Å². The highest BCUT2D eigenvalue weighted by Gasteiger charge is 2.23. The fourth-order valence-corrected chi connectivity index (χ4v) is 2.00. The van der Waals surface area contributed by atoms with E-state index in [0.29, 0.717) is 19.1 Å². The van der Waals surface area contributed by atoms with Crippen LogP contribution in [-0.4, -0.2) is 62.0 Å². The fourth-order valence-electron chi connectivity index (χ4n) is 2.00. The van der Waals surface area contributed by atoms with E-state index in [1.54, 1.807) is 0 Å². The van der Waals surface area contributed by atoms with Crippen LogP contribution in [0.15, 0.2) is 0 Å². The largest absolute Gasteiger partial charge is 0.388 e. The highest BCUT2D eigenvalue weighted by molar-refractivity contribution is 4.81. The maximum absolute atomic E-state index is 10.1. The van der Waals surface area contributed by atoms with Crippen LogP contribution in [0.4, 0.5) is 0 Å². The van der Waals surface area contributed by atoms with Gasteiger partial charge in [0.15, 0.2) is 0 Å². The van der Waals surface area contributed by atoms with Crippen LogP contribution in [0.5, 0.6) is 0 Å². The third-order valence-corrected chi connectivity index (χ3v) is 2.59. The van der Waals surface area contributed by atoms with E-state index in [1.165, 1.54) is 0 Å². The lowest BCUT2D eigenvalue weighted by Crippen LogP contribution is -2.49. The molecule has 0 aromatic carbocycles. The average molecular weight is 216 g/mol.